The van der Waals surface area contributed by atoms with Gasteiger partial charge in [0.1, 0.15) is 22.9 Å². The monoisotopic (exact) mass is 898 g/mol. The van der Waals surface area contributed by atoms with Gasteiger partial charge >= 0.3 is 23.7 Å². The lowest BCUT2D eigenvalue weighted by molar-refractivity contribution is -0.234. The minimum atomic E-state index is -4.70. The summed E-state index contributed by atoms with van der Waals surface area (Å²) in [7, 11) is 4.78. The molecule has 5 aromatic rings. The number of benzene rings is 2. The van der Waals surface area contributed by atoms with E-state index >= 15 is 0 Å². The van der Waals surface area contributed by atoms with Crippen molar-refractivity contribution in [2.45, 2.75) is 109 Å². The molecule has 4 N–H and O–H groups in total. The van der Waals surface area contributed by atoms with Crippen LogP contribution in [0.3, 0.4) is 0 Å². The molecule has 0 unspecified atom stereocenters. The van der Waals surface area contributed by atoms with Gasteiger partial charge in [-0.3, -0.25) is 4.90 Å². The number of tetrazole rings is 2. The van der Waals surface area contributed by atoms with Crippen LogP contribution in [0.25, 0.3) is 11.4 Å². The fourth-order valence-electron chi connectivity index (χ4n) is 6.55. The number of ether oxygens (including phenoxy) is 2. The van der Waals surface area contributed by atoms with Crippen molar-refractivity contribution in [3.63, 3.8) is 0 Å². The first kappa shape index (κ1) is 47.8. The van der Waals surface area contributed by atoms with E-state index in [0.29, 0.717) is 0 Å². The molecule has 0 radical (unpaired) electrons. The second-order valence-electron chi connectivity index (χ2n) is 17.2. The van der Waals surface area contributed by atoms with Gasteiger partial charge in [-0.05, 0) is 133 Å². The molecular formula is C38H49F7N14O4. The Morgan fingerprint density at radius 2 is 1.19 bits per heavy atom. The molecule has 4 heterocycles. The smallest absolute Gasteiger partial charge is 0.427 e. The zero-order valence-corrected chi connectivity index (χ0v) is 36.3. The number of aryl methyl sites for hydroxylation is 2. The Morgan fingerprint density at radius 1 is 0.730 bits per heavy atom. The first-order valence-electron chi connectivity index (χ1n) is 19.2. The molecule has 63 heavy (non-hydrogen) atoms. The summed E-state index contributed by atoms with van der Waals surface area (Å²) in [4.78, 5) is 35.1. The Kier molecular flexibility index (Phi) is 12.7. The molecule has 0 atom stereocenters. The van der Waals surface area contributed by atoms with Gasteiger partial charge < -0.3 is 25.8 Å². The maximum atomic E-state index is 14.8. The van der Waals surface area contributed by atoms with E-state index in [1.54, 1.807) is 0 Å². The molecule has 2 aromatic carbocycles. The van der Waals surface area contributed by atoms with E-state index in [9.17, 15) is 40.3 Å². The van der Waals surface area contributed by atoms with Crippen molar-refractivity contribution in [3.8, 4) is 22.9 Å². The highest BCUT2D eigenvalue weighted by molar-refractivity contribution is 5.63. The molecular weight excluding hydrogens is 849 g/mol. The van der Waals surface area contributed by atoms with Gasteiger partial charge in [-0.15, -0.1) is 0 Å². The quantitative estimate of drug-likeness (QED) is 0.114. The molecule has 1 aliphatic rings. The third kappa shape index (κ3) is 10.3. The maximum Gasteiger partial charge on any atom is 0.427 e. The lowest BCUT2D eigenvalue weighted by Gasteiger charge is -2.53. The SMILES string of the molecule is CN1C(C)(C)CC(Nc2nc(Nc3ccc(OC(C)(C)C(F)(F)F)c(-n4nnn(C)c4=O)c3)ncc2F)CC1(C)C.Cn1nnn(-c2cc(N)ccc2OC(C)(C)C(F)(F)F)c1=O. The summed E-state index contributed by atoms with van der Waals surface area (Å²) in [5, 5.41) is 20.6. The van der Waals surface area contributed by atoms with Gasteiger partial charge in [-0.2, -0.15) is 50.1 Å². The van der Waals surface area contributed by atoms with Crippen LogP contribution in [0.4, 0.5) is 53.9 Å². The molecule has 0 bridgehead atoms. The minimum absolute atomic E-state index is 0.0147. The van der Waals surface area contributed by atoms with Crippen molar-refractivity contribution < 1.29 is 40.2 Å². The number of likely N-dealkylation sites (tertiary alicyclic amines) is 1. The number of hydrogen-bond acceptors (Lipinski definition) is 14. The number of nitrogens with two attached hydrogens (primary N) is 1. The Morgan fingerprint density at radius 3 is 1.63 bits per heavy atom. The Bertz CT molecular complexity index is 2540. The van der Waals surface area contributed by atoms with Crippen LogP contribution in [0.2, 0.25) is 0 Å². The van der Waals surface area contributed by atoms with Gasteiger partial charge in [0.05, 0.1) is 6.20 Å². The summed E-state index contributed by atoms with van der Waals surface area (Å²) in [5.74, 6) is -1.02. The molecule has 1 aliphatic heterocycles. The molecule has 0 aliphatic carbocycles. The summed E-state index contributed by atoms with van der Waals surface area (Å²) >= 11 is 0. The van der Waals surface area contributed by atoms with E-state index in [1.165, 1.54) is 50.5 Å². The number of alkyl halides is 6. The molecule has 0 amide bonds. The Hall–Kier alpha value is -6.27. The number of anilines is 4. The van der Waals surface area contributed by atoms with Gasteiger partial charge in [0, 0.05) is 42.6 Å². The fourth-order valence-corrected chi connectivity index (χ4v) is 6.55. The van der Waals surface area contributed by atoms with Crippen molar-refractivity contribution >= 4 is 23.1 Å². The topological polar surface area (TPSA) is 203 Å². The first-order valence-corrected chi connectivity index (χ1v) is 19.2. The second-order valence-corrected chi connectivity index (χ2v) is 17.2. The maximum absolute atomic E-state index is 14.8. The lowest BCUT2D eigenvalue weighted by atomic mass is 9.77. The van der Waals surface area contributed by atoms with Gasteiger partial charge in [0.2, 0.25) is 5.95 Å². The third-order valence-electron chi connectivity index (χ3n) is 10.6. The summed E-state index contributed by atoms with van der Waals surface area (Å²) in [5.41, 5.74) is -0.601. The number of hydrogen-bond donors (Lipinski definition) is 3. The number of halogens is 7. The first-order chi connectivity index (χ1) is 28.8. The van der Waals surface area contributed by atoms with Gasteiger partial charge in [-0.25, -0.2) is 19.0 Å². The van der Waals surface area contributed by atoms with Crippen LogP contribution in [0.15, 0.2) is 52.2 Å². The molecule has 0 spiro atoms. The molecule has 344 valence electrons. The predicted octanol–water partition coefficient (Wildman–Crippen LogP) is 5.69. The zero-order chi connectivity index (χ0) is 47.2. The van der Waals surface area contributed by atoms with Crippen molar-refractivity contribution in [1.82, 2.24) is 54.4 Å². The molecule has 0 saturated carbocycles. The van der Waals surface area contributed by atoms with Crippen LogP contribution in [0.5, 0.6) is 11.5 Å². The van der Waals surface area contributed by atoms with Crippen LogP contribution >= 0.6 is 0 Å². The number of aromatic nitrogens is 10. The van der Waals surface area contributed by atoms with Gasteiger partial charge in [0.25, 0.3) is 0 Å². The summed E-state index contributed by atoms with van der Waals surface area (Å²) in [6.45, 7) is 12.0. The van der Waals surface area contributed by atoms with Gasteiger partial charge in [0.15, 0.2) is 22.8 Å². The van der Waals surface area contributed by atoms with Crippen LogP contribution in [-0.2, 0) is 14.1 Å². The van der Waals surface area contributed by atoms with Crippen LogP contribution in [-0.4, -0.2) is 102 Å². The number of nitrogens with one attached hydrogen (secondary N) is 2. The standard InChI is InChI=1S/C26H35F4N9O2.C12H14F3N5O2/c1-23(2)12-16(13-24(3,4)38(23)8)32-20-17(27)14-31-21(34-20)33-15-9-10-19(41-25(5,6)26(28,29)30)18(11-15)39-22(40)37(7)35-36-39;1-11(2,12(13,14)15)22-9-5-4-7(16)6-8(9)20-10(21)19(3)17-18-20/h9-11,14,16H,12-13H2,1-8H3,(H2,31,32,33,34);4-6H,16H2,1-3H3. The predicted molar refractivity (Wildman–Crippen MR) is 217 cm³/mol. The highest BCUT2D eigenvalue weighted by Gasteiger charge is 2.51. The van der Waals surface area contributed by atoms with Crippen molar-refractivity contribution in [1.29, 1.82) is 0 Å². The van der Waals surface area contributed by atoms with E-state index in [2.05, 4.69) is 81.1 Å². The van der Waals surface area contributed by atoms with Crippen molar-refractivity contribution in [2.24, 2.45) is 14.1 Å². The largest absolute Gasteiger partial charge is 0.476 e. The number of piperidine rings is 1. The lowest BCUT2D eigenvalue weighted by Crippen LogP contribution is -2.61. The molecule has 1 fully saturated rings. The van der Waals surface area contributed by atoms with E-state index in [0.717, 1.165) is 65.5 Å². The van der Waals surface area contributed by atoms with E-state index in [-0.39, 0.29) is 63.1 Å². The third-order valence-corrected chi connectivity index (χ3v) is 10.6. The highest BCUT2D eigenvalue weighted by Crippen LogP contribution is 2.40. The zero-order valence-electron chi connectivity index (χ0n) is 36.3. The van der Waals surface area contributed by atoms with Crippen LogP contribution in [0.1, 0.15) is 68.2 Å². The molecule has 1 saturated heterocycles. The van der Waals surface area contributed by atoms with E-state index < -0.39 is 40.8 Å². The van der Waals surface area contributed by atoms with Crippen molar-refractivity contribution in [3.05, 3.63) is 69.4 Å². The molecule has 25 heteroatoms. The normalized spacial score (nSPS) is 16.0. The summed E-state index contributed by atoms with van der Waals surface area (Å²) in [6, 6.07) is 7.88. The Balaban J connectivity index is 0.000000286. The number of nitrogen functional groups attached to an aromatic ring is 1. The number of nitrogens with zero attached hydrogens (tertiary/aromatic N) is 11. The van der Waals surface area contributed by atoms with E-state index in [1.807, 2.05) is 0 Å². The second kappa shape index (κ2) is 16.8. The number of rotatable bonds is 10. The average molecular weight is 899 g/mol. The van der Waals surface area contributed by atoms with Gasteiger partial charge in [-0.1, -0.05) is 0 Å². The molecule has 18 nitrogen and oxygen atoms in total. The minimum Gasteiger partial charge on any atom is -0.476 e. The van der Waals surface area contributed by atoms with E-state index in [4.69, 9.17) is 15.2 Å². The van der Waals surface area contributed by atoms with Crippen LogP contribution < -0.4 is 37.2 Å². The Labute approximate surface area is 356 Å². The molecule has 6 rings (SSSR count). The highest BCUT2D eigenvalue weighted by atomic mass is 19.4. The summed E-state index contributed by atoms with van der Waals surface area (Å²) < 4.78 is 108. The van der Waals surface area contributed by atoms with Crippen molar-refractivity contribution in [2.75, 3.05) is 23.4 Å². The average Bonchev–Trinajstić information content (AvgIpc) is 3.67. The fraction of sp³-hybridized carbons (Fsp3) is 0.526. The van der Waals surface area contributed by atoms with Crippen LogP contribution in [0, 0.1) is 5.82 Å². The summed E-state index contributed by atoms with van der Waals surface area (Å²) in [6.07, 6.45) is -6.76. The molecule has 3 aromatic heterocycles.